The Labute approximate surface area is 193 Å². The van der Waals surface area contributed by atoms with Gasteiger partial charge in [-0.05, 0) is 72.8 Å². The lowest BCUT2D eigenvalue weighted by Crippen LogP contribution is -2.54. The summed E-state index contributed by atoms with van der Waals surface area (Å²) in [7, 11) is 0. The summed E-state index contributed by atoms with van der Waals surface area (Å²) in [4.78, 5) is 37.3. The van der Waals surface area contributed by atoms with Gasteiger partial charge < -0.3 is 14.3 Å². The molecule has 6 nitrogen and oxygen atoms in total. The van der Waals surface area contributed by atoms with E-state index in [4.69, 9.17) is 9.15 Å². The van der Waals surface area contributed by atoms with Crippen LogP contribution >= 0.6 is 0 Å². The van der Waals surface area contributed by atoms with E-state index >= 15 is 0 Å². The normalized spacial score (nSPS) is 29.2. The summed E-state index contributed by atoms with van der Waals surface area (Å²) >= 11 is 0. The predicted octanol–water partition coefficient (Wildman–Crippen LogP) is 5.09. The predicted molar refractivity (Wildman–Crippen MR) is 122 cm³/mol. The molecule has 4 unspecified atom stereocenters. The number of aryl methyl sites for hydroxylation is 1. The molecule has 6 heteroatoms. The second-order valence-corrected chi connectivity index (χ2v) is 9.84. The number of furan rings is 1. The Kier molecular flexibility index (Phi) is 6.28. The molecule has 1 aromatic heterocycles. The molecule has 0 bridgehead atoms. The summed E-state index contributed by atoms with van der Waals surface area (Å²) in [5.41, 5.74) is 0.760. The number of aliphatic carboxylic acids is 1. The van der Waals surface area contributed by atoms with Crippen LogP contribution in [-0.2, 0) is 20.7 Å². The van der Waals surface area contributed by atoms with E-state index in [1.165, 1.54) is 6.08 Å². The Morgan fingerprint density at radius 3 is 2.61 bits per heavy atom. The molecule has 1 aromatic carbocycles. The van der Waals surface area contributed by atoms with Gasteiger partial charge in [0.1, 0.15) is 0 Å². The number of benzene rings is 1. The molecule has 4 atom stereocenters. The van der Waals surface area contributed by atoms with Gasteiger partial charge in [-0.3, -0.25) is 4.79 Å². The second kappa shape index (κ2) is 9.00. The maximum atomic E-state index is 12.6. The lowest BCUT2D eigenvalue weighted by molar-refractivity contribution is -0.141. The summed E-state index contributed by atoms with van der Waals surface area (Å²) in [6.45, 7) is 4.35. The molecular formula is C27H30O6. The van der Waals surface area contributed by atoms with Crippen LogP contribution in [0.25, 0.3) is 0 Å². The molecule has 33 heavy (non-hydrogen) atoms. The van der Waals surface area contributed by atoms with Crippen molar-refractivity contribution in [2.24, 2.45) is 22.7 Å². The topological polar surface area (TPSA) is 93.8 Å². The molecular weight excluding hydrogens is 420 g/mol. The van der Waals surface area contributed by atoms with Crippen LogP contribution in [0.5, 0.6) is 0 Å². The van der Waals surface area contributed by atoms with Gasteiger partial charge in [0, 0.05) is 17.4 Å². The zero-order chi connectivity index (χ0) is 23.6. The minimum absolute atomic E-state index is 0.0103. The lowest BCUT2D eigenvalue weighted by atomic mass is 9.46. The van der Waals surface area contributed by atoms with Gasteiger partial charge in [-0.25, -0.2) is 9.59 Å². The molecule has 0 radical (unpaired) electrons. The molecule has 1 saturated carbocycles. The van der Waals surface area contributed by atoms with E-state index < -0.39 is 16.8 Å². The van der Waals surface area contributed by atoms with Crippen LogP contribution in [0.4, 0.5) is 0 Å². The van der Waals surface area contributed by atoms with E-state index in [-0.39, 0.29) is 35.8 Å². The number of allylic oxidation sites excluding steroid dienone is 1. The number of carbonyl (C=O) groups excluding carboxylic acids is 2. The SMILES string of the molecule is CC12CCC(COC(=O)c3ccccc3)C(C)(CCc3ccoc3)C1CC(=O)C=C2C(=O)O. The van der Waals surface area contributed by atoms with Crippen LogP contribution < -0.4 is 0 Å². The number of rotatable bonds is 7. The number of ketones is 1. The van der Waals surface area contributed by atoms with E-state index in [9.17, 15) is 19.5 Å². The summed E-state index contributed by atoms with van der Waals surface area (Å²) < 4.78 is 11.0. The molecule has 1 heterocycles. The first-order valence-electron chi connectivity index (χ1n) is 11.5. The first-order valence-corrected chi connectivity index (χ1v) is 11.5. The van der Waals surface area contributed by atoms with Gasteiger partial charge in [-0.15, -0.1) is 0 Å². The van der Waals surface area contributed by atoms with Crippen LogP contribution in [0.2, 0.25) is 0 Å². The van der Waals surface area contributed by atoms with E-state index in [1.807, 2.05) is 19.1 Å². The molecule has 1 fully saturated rings. The Balaban J connectivity index is 1.62. The molecule has 0 spiro atoms. The van der Waals surface area contributed by atoms with Gasteiger partial charge in [0.15, 0.2) is 5.78 Å². The molecule has 1 N–H and O–H groups in total. The molecule has 0 amide bonds. The van der Waals surface area contributed by atoms with Crippen LogP contribution in [0, 0.1) is 22.7 Å². The quantitative estimate of drug-likeness (QED) is 0.591. The average Bonchev–Trinajstić information content (AvgIpc) is 3.32. The number of hydrogen-bond acceptors (Lipinski definition) is 5. The Hall–Kier alpha value is -3.15. The molecule has 174 valence electrons. The minimum Gasteiger partial charge on any atom is -0.478 e. The van der Waals surface area contributed by atoms with Crippen molar-refractivity contribution in [1.82, 2.24) is 0 Å². The number of carbonyl (C=O) groups is 3. The van der Waals surface area contributed by atoms with Gasteiger partial charge >= 0.3 is 11.9 Å². The van der Waals surface area contributed by atoms with Crippen molar-refractivity contribution in [3.8, 4) is 0 Å². The van der Waals surface area contributed by atoms with Crippen molar-refractivity contribution in [2.45, 2.75) is 46.0 Å². The number of ether oxygens (including phenoxy) is 1. The van der Waals surface area contributed by atoms with E-state index in [0.29, 0.717) is 18.4 Å². The summed E-state index contributed by atoms with van der Waals surface area (Å²) in [5.74, 6) is -1.69. The molecule has 4 rings (SSSR count). The van der Waals surface area contributed by atoms with E-state index in [1.54, 1.807) is 36.8 Å². The number of hydrogen-bond donors (Lipinski definition) is 1. The maximum absolute atomic E-state index is 12.6. The van der Waals surface area contributed by atoms with Crippen molar-refractivity contribution in [3.05, 3.63) is 71.7 Å². The Morgan fingerprint density at radius 2 is 1.94 bits per heavy atom. The Bertz CT molecular complexity index is 1050. The third-order valence-electron chi connectivity index (χ3n) is 8.02. The highest BCUT2D eigenvalue weighted by atomic mass is 16.5. The number of carboxylic acid groups (broad SMARTS) is 1. The monoisotopic (exact) mass is 450 g/mol. The second-order valence-electron chi connectivity index (χ2n) is 9.84. The van der Waals surface area contributed by atoms with E-state index in [0.717, 1.165) is 24.8 Å². The highest BCUT2D eigenvalue weighted by molar-refractivity contribution is 6.01. The van der Waals surface area contributed by atoms with Gasteiger partial charge in [-0.1, -0.05) is 32.0 Å². The smallest absolute Gasteiger partial charge is 0.338 e. The molecule has 0 aliphatic heterocycles. The van der Waals surface area contributed by atoms with Gasteiger partial charge in [-0.2, -0.15) is 0 Å². The third kappa shape index (κ3) is 4.39. The van der Waals surface area contributed by atoms with Gasteiger partial charge in [0.05, 0.1) is 24.7 Å². The van der Waals surface area contributed by atoms with Crippen molar-refractivity contribution in [3.63, 3.8) is 0 Å². The van der Waals surface area contributed by atoms with Crippen LogP contribution in [0.1, 0.15) is 55.5 Å². The minimum atomic E-state index is -1.03. The lowest BCUT2D eigenvalue weighted by Gasteiger charge is -2.57. The maximum Gasteiger partial charge on any atom is 0.338 e. The summed E-state index contributed by atoms with van der Waals surface area (Å²) in [6, 6.07) is 10.8. The number of esters is 1. The average molecular weight is 451 g/mol. The largest absolute Gasteiger partial charge is 0.478 e. The fraction of sp³-hybridized carbons (Fsp3) is 0.444. The standard InChI is InChI=1S/C27H30O6/c1-26(11-8-18-10-13-32-16-18)20(17-33-25(31)19-6-4-3-5-7-19)9-12-27(2)22(24(29)30)14-21(28)15-23(26)27/h3-7,10,13-14,16,20,23H,8-9,11-12,15,17H2,1-2H3,(H,29,30). The highest BCUT2D eigenvalue weighted by Crippen LogP contribution is 2.61. The molecule has 2 aromatic rings. The zero-order valence-electron chi connectivity index (χ0n) is 19.1. The molecule has 2 aliphatic rings. The van der Waals surface area contributed by atoms with Crippen molar-refractivity contribution in [1.29, 1.82) is 0 Å². The third-order valence-corrected chi connectivity index (χ3v) is 8.02. The Morgan fingerprint density at radius 1 is 1.18 bits per heavy atom. The van der Waals surface area contributed by atoms with Gasteiger partial charge in [0.2, 0.25) is 0 Å². The zero-order valence-corrected chi connectivity index (χ0v) is 19.1. The number of carboxylic acids is 1. The van der Waals surface area contributed by atoms with E-state index in [2.05, 4.69) is 6.92 Å². The fourth-order valence-corrected chi connectivity index (χ4v) is 6.00. The van der Waals surface area contributed by atoms with Crippen molar-refractivity contribution in [2.75, 3.05) is 6.61 Å². The summed E-state index contributed by atoms with van der Waals surface area (Å²) in [5, 5.41) is 9.88. The molecule has 0 saturated heterocycles. The van der Waals surface area contributed by atoms with Crippen LogP contribution in [0.3, 0.4) is 0 Å². The first kappa shape index (κ1) is 23.0. The first-order chi connectivity index (χ1) is 15.7. The highest BCUT2D eigenvalue weighted by Gasteiger charge is 2.57. The van der Waals surface area contributed by atoms with Crippen LogP contribution in [-0.4, -0.2) is 29.4 Å². The van der Waals surface area contributed by atoms with Crippen molar-refractivity contribution >= 4 is 17.7 Å². The fourth-order valence-electron chi connectivity index (χ4n) is 6.00. The molecule has 2 aliphatic carbocycles. The number of fused-ring (bicyclic) bond motifs is 1. The van der Waals surface area contributed by atoms with Crippen molar-refractivity contribution < 1.29 is 28.6 Å². The summed E-state index contributed by atoms with van der Waals surface area (Å²) in [6.07, 6.45) is 7.81. The van der Waals surface area contributed by atoms with Gasteiger partial charge in [0.25, 0.3) is 0 Å². The van der Waals surface area contributed by atoms with Crippen LogP contribution in [0.15, 0.2) is 65.0 Å².